The number of aromatic nitrogens is 2. The second-order valence-corrected chi connectivity index (χ2v) is 4.71. The molecule has 0 unspecified atom stereocenters. The number of fused-ring (bicyclic) bond motifs is 1. The summed E-state index contributed by atoms with van der Waals surface area (Å²) < 4.78 is 14.5. The molecule has 0 aliphatic carbocycles. The quantitative estimate of drug-likeness (QED) is 0.593. The number of hydrazone groups is 1. The number of hydrogen-bond acceptors (Lipinski definition) is 3. The lowest BCUT2D eigenvalue weighted by Crippen LogP contribution is -2.22. The van der Waals surface area contributed by atoms with E-state index in [2.05, 4.69) is 15.5 Å². The van der Waals surface area contributed by atoms with E-state index in [9.17, 15) is 9.18 Å². The molecule has 0 saturated heterocycles. The van der Waals surface area contributed by atoms with Gasteiger partial charge in [0.1, 0.15) is 12.4 Å². The third-order valence-electron chi connectivity index (χ3n) is 3.11. The Balaban J connectivity index is 1.62. The number of nitrogens with one attached hydrogen (secondary N) is 1. The van der Waals surface area contributed by atoms with Crippen LogP contribution in [0.5, 0.6) is 0 Å². The highest BCUT2D eigenvalue weighted by Gasteiger charge is 2.05. The number of amides is 1. The molecular formula is C16H13FN4O. The van der Waals surface area contributed by atoms with Crippen LogP contribution in [0.2, 0.25) is 0 Å². The van der Waals surface area contributed by atoms with E-state index in [1.165, 1.54) is 18.3 Å². The second-order valence-electron chi connectivity index (χ2n) is 4.71. The molecule has 0 saturated carbocycles. The van der Waals surface area contributed by atoms with Crippen molar-refractivity contribution < 1.29 is 9.18 Å². The van der Waals surface area contributed by atoms with E-state index in [0.717, 1.165) is 11.0 Å². The maximum atomic E-state index is 12.8. The topological polar surface area (TPSA) is 59.3 Å². The molecule has 1 aromatic heterocycles. The molecule has 0 aliphatic rings. The van der Waals surface area contributed by atoms with Crippen LogP contribution < -0.4 is 5.43 Å². The Hall–Kier alpha value is -3.02. The normalized spacial score (nSPS) is 11.1. The minimum absolute atomic E-state index is 0.126. The summed E-state index contributed by atoms with van der Waals surface area (Å²) in [5.74, 6) is -0.574. The number of halogens is 1. The van der Waals surface area contributed by atoms with Crippen LogP contribution in [-0.2, 0) is 11.3 Å². The van der Waals surface area contributed by atoms with Crippen molar-refractivity contribution in [1.82, 2.24) is 15.0 Å². The first-order valence-corrected chi connectivity index (χ1v) is 6.70. The highest BCUT2D eigenvalue weighted by Crippen LogP contribution is 2.11. The van der Waals surface area contributed by atoms with E-state index < -0.39 is 0 Å². The summed E-state index contributed by atoms with van der Waals surface area (Å²) >= 11 is 0. The fraction of sp³-hybridized carbons (Fsp3) is 0.0625. The van der Waals surface area contributed by atoms with Gasteiger partial charge in [0.05, 0.1) is 23.6 Å². The lowest BCUT2D eigenvalue weighted by molar-refractivity contribution is -0.121. The van der Waals surface area contributed by atoms with Gasteiger partial charge in [-0.1, -0.05) is 24.3 Å². The molecular weight excluding hydrogens is 283 g/mol. The van der Waals surface area contributed by atoms with Gasteiger partial charge in [-0.3, -0.25) is 4.79 Å². The van der Waals surface area contributed by atoms with E-state index in [1.807, 2.05) is 24.3 Å². The van der Waals surface area contributed by atoms with Crippen LogP contribution >= 0.6 is 0 Å². The fourth-order valence-electron chi connectivity index (χ4n) is 2.05. The van der Waals surface area contributed by atoms with Crippen molar-refractivity contribution in [3.63, 3.8) is 0 Å². The van der Waals surface area contributed by atoms with E-state index in [1.54, 1.807) is 23.0 Å². The van der Waals surface area contributed by atoms with Gasteiger partial charge in [0.25, 0.3) is 5.91 Å². The highest BCUT2D eigenvalue weighted by molar-refractivity contribution is 5.83. The monoisotopic (exact) mass is 296 g/mol. The lowest BCUT2D eigenvalue weighted by atomic mass is 10.2. The van der Waals surface area contributed by atoms with E-state index in [0.29, 0.717) is 5.56 Å². The van der Waals surface area contributed by atoms with Gasteiger partial charge in [-0.05, 0) is 29.8 Å². The first kappa shape index (κ1) is 13.9. The van der Waals surface area contributed by atoms with Crippen LogP contribution in [0.25, 0.3) is 11.0 Å². The van der Waals surface area contributed by atoms with Gasteiger partial charge in [0, 0.05) is 0 Å². The Morgan fingerprint density at radius 3 is 2.82 bits per heavy atom. The maximum absolute atomic E-state index is 12.8. The van der Waals surface area contributed by atoms with Crippen LogP contribution in [0.4, 0.5) is 4.39 Å². The molecule has 1 amide bonds. The molecule has 3 aromatic rings. The van der Waals surface area contributed by atoms with Crippen LogP contribution in [0, 0.1) is 5.82 Å². The Labute approximate surface area is 126 Å². The number of rotatable bonds is 4. The number of benzene rings is 2. The smallest absolute Gasteiger partial charge is 0.260 e. The summed E-state index contributed by atoms with van der Waals surface area (Å²) in [6.45, 7) is 0.126. The van der Waals surface area contributed by atoms with E-state index in [4.69, 9.17) is 0 Å². The van der Waals surface area contributed by atoms with Crippen LogP contribution in [0.1, 0.15) is 5.56 Å². The van der Waals surface area contributed by atoms with Gasteiger partial charge in [-0.15, -0.1) is 0 Å². The van der Waals surface area contributed by atoms with Crippen molar-refractivity contribution in [2.45, 2.75) is 6.54 Å². The molecule has 0 spiro atoms. The molecule has 0 fully saturated rings. The zero-order chi connectivity index (χ0) is 15.4. The van der Waals surface area contributed by atoms with Gasteiger partial charge < -0.3 is 4.57 Å². The minimum atomic E-state index is -0.312. The summed E-state index contributed by atoms with van der Waals surface area (Å²) in [7, 11) is 0. The van der Waals surface area contributed by atoms with Crippen molar-refractivity contribution in [3.8, 4) is 0 Å². The van der Waals surface area contributed by atoms with Crippen molar-refractivity contribution in [1.29, 1.82) is 0 Å². The third kappa shape index (κ3) is 3.17. The maximum Gasteiger partial charge on any atom is 0.260 e. The van der Waals surface area contributed by atoms with Crippen molar-refractivity contribution in [2.75, 3.05) is 0 Å². The van der Waals surface area contributed by atoms with Crippen LogP contribution in [0.3, 0.4) is 0 Å². The average Bonchev–Trinajstić information content (AvgIpc) is 2.93. The first-order chi connectivity index (χ1) is 10.7. The molecule has 0 radical (unpaired) electrons. The van der Waals surface area contributed by atoms with Gasteiger partial charge in [-0.2, -0.15) is 5.10 Å². The summed E-state index contributed by atoms with van der Waals surface area (Å²) in [4.78, 5) is 16.1. The molecule has 5 nitrogen and oxygen atoms in total. The van der Waals surface area contributed by atoms with Crippen molar-refractivity contribution in [2.24, 2.45) is 5.10 Å². The van der Waals surface area contributed by atoms with Gasteiger partial charge >= 0.3 is 0 Å². The third-order valence-corrected chi connectivity index (χ3v) is 3.11. The largest absolute Gasteiger partial charge is 0.321 e. The predicted octanol–water partition coefficient (Wildman–Crippen LogP) is 2.33. The standard InChI is InChI=1S/C16H13FN4O/c17-13-7-5-12(6-8-13)9-19-20-16(22)10-21-11-18-14-3-1-2-4-15(14)21/h1-9,11H,10H2,(H,20,22)/b19-9-. The Morgan fingerprint density at radius 1 is 1.23 bits per heavy atom. The summed E-state index contributed by atoms with van der Waals surface area (Å²) in [6.07, 6.45) is 3.08. The highest BCUT2D eigenvalue weighted by atomic mass is 19.1. The molecule has 0 bridgehead atoms. The van der Waals surface area contributed by atoms with E-state index in [-0.39, 0.29) is 18.3 Å². The molecule has 110 valence electrons. The van der Waals surface area contributed by atoms with Crippen molar-refractivity contribution in [3.05, 3.63) is 66.2 Å². The van der Waals surface area contributed by atoms with Crippen LogP contribution in [0.15, 0.2) is 60.0 Å². The first-order valence-electron chi connectivity index (χ1n) is 6.70. The number of carbonyl (C=O) groups is 1. The number of carbonyl (C=O) groups excluding carboxylic acids is 1. The molecule has 6 heteroatoms. The number of nitrogens with zero attached hydrogens (tertiary/aromatic N) is 3. The molecule has 1 N–H and O–H groups in total. The zero-order valence-corrected chi connectivity index (χ0v) is 11.6. The molecule has 22 heavy (non-hydrogen) atoms. The number of hydrogen-bond donors (Lipinski definition) is 1. The van der Waals surface area contributed by atoms with Crippen molar-refractivity contribution >= 4 is 23.2 Å². The number of para-hydroxylation sites is 2. The van der Waals surface area contributed by atoms with Crippen LogP contribution in [-0.4, -0.2) is 21.7 Å². The molecule has 0 aliphatic heterocycles. The van der Waals surface area contributed by atoms with Gasteiger partial charge in [0.15, 0.2) is 0 Å². The predicted molar refractivity (Wildman–Crippen MR) is 81.9 cm³/mol. The molecule has 2 aromatic carbocycles. The average molecular weight is 296 g/mol. The minimum Gasteiger partial charge on any atom is -0.321 e. The molecule has 0 atom stereocenters. The summed E-state index contributed by atoms with van der Waals surface area (Å²) in [5.41, 5.74) is 4.87. The Kier molecular flexibility index (Phi) is 3.91. The lowest BCUT2D eigenvalue weighted by Gasteiger charge is -2.02. The second kappa shape index (κ2) is 6.17. The molecule has 1 heterocycles. The summed E-state index contributed by atoms with van der Waals surface area (Å²) in [5, 5.41) is 3.85. The Morgan fingerprint density at radius 2 is 2.00 bits per heavy atom. The SMILES string of the molecule is O=C(Cn1cnc2ccccc21)N/N=C\c1ccc(F)cc1. The zero-order valence-electron chi connectivity index (χ0n) is 11.6. The van der Waals surface area contributed by atoms with Gasteiger partial charge in [0.2, 0.25) is 0 Å². The van der Waals surface area contributed by atoms with E-state index >= 15 is 0 Å². The fourth-order valence-corrected chi connectivity index (χ4v) is 2.05. The summed E-state index contributed by atoms with van der Waals surface area (Å²) in [6, 6.07) is 13.4. The Bertz CT molecular complexity index is 824. The van der Waals surface area contributed by atoms with Gasteiger partial charge in [-0.25, -0.2) is 14.8 Å². The number of imidazole rings is 1. The molecule has 3 rings (SSSR count).